The summed E-state index contributed by atoms with van der Waals surface area (Å²) in [6.07, 6.45) is 1.55. The molecular formula is C15H13BrN2O3. The lowest BCUT2D eigenvalue weighted by Crippen LogP contribution is -2.15. The van der Waals surface area contributed by atoms with Crippen molar-refractivity contribution in [1.29, 1.82) is 0 Å². The second kappa shape index (κ2) is 6.49. The highest BCUT2D eigenvalue weighted by Gasteiger charge is 2.14. The third-order valence-electron chi connectivity index (χ3n) is 2.95. The lowest BCUT2D eigenvalue weighted by molar-refractivity contribution is 0.0599. The summed E-state index contributed by atoms with van der Waals surface area (Å²) < 4.78 is 5.50. The van der Waals surface area contributed by atoms with Gasteiger partial charge in [0.2, 0.25) is 0 Å². The van der Waals surface area contributed by atoms with Crippen LogP contribution >= 0.6 is 15.9 Å². The Bertz CT molecular complexity index is 684. The van der Waals surface area contributed by atoms with Gasteiger partial charge in [0.15, 0.2) is 0 Å². The quantitative estimate of drug-likeness (QED) is 0.865. The van der Waals surface area contributed by atoms with Gasteiger partial charge < -0.3 is 10.1 Å². The normalized spacial score (nSPS) is 10.0. The first-order valence-corrected chi connectivity index (χ1v) is 6.93. The fourth-order valence-corrected chi connectivity index (χ4v) is 2.03. The van der Waals surface area contributed by atoms with E-state index >= 15 is 0 Å². The van der Waals surface area contributed by atoms with Crippen molar-refractivity contribution in [3.63, 3.8) is 0 Å². The average Bonchev–Trinajstić information content (AvgIpc) is 2.49. The summed E-state index contributed by atoms with van der Waals surface area (Å²) in [5.41, 5.74) is 1.91. The number of pyridine rings is 1. The van der Waals surface area contributed by atoms with Gasteiger partial charge in [-0.2, -0.15) is 0 Å². The van der Waals surface area contributed by atoms with Crippen molar-refractivity contribution in [2.24, 2.45) is 0 Å². The third kappa shape index (κ3) is 3.46. The van der Waals surface area contributed by atoms with Crippen LogP contribution in [0.15, 0.2) is 41.0 Å². The largest absolute Gasteiger partial charge is 0.465 e. The molecule has 0 saturated carbocycles. The van der Waals surface area contributed by atoms with Crippen LogP contribution in [0.3, 0.4) is 0 Å². The van der Waals surface area contributed by atoms with Crippen molar-refractivity contribution >= 4 is 33.5 Å². The molecule has 0 aliphatic rings. The number of nitrogens with zero attached hydrogens (tertiary/aromatic N) is 1. The zero-order chi connectivity index (χ0) is 15.4. The molecule has 1 N–H and O–H groups in total. The molecule has 0 atom stereocenters. The van der Waals surface area contributed by atoms with E-state index in [0.29, 0.717) is 22.5 Å². The number of carbonyl (C=O) groups excluding carboxylic acids is 2. The number of nitrogens with one attached hydrogen (secondary N) is 1. The second-order valence-electron chi connectivity index (χ2n) is 4.29. The second-order valence-corrected chi connectivity index (χ2v) is 5.20. The SMILES string of the molecule is COC(=O)c1cccc(NC(=O)c2ccc(Br)cn2)c1C. The molecule has 6 heteroatoms. The molecule has 21 heavy (non-hydrogen) atoms. The van der Waals surface area contributed by atoms with Crippen molar-refractivity contribution in [3.05, 3.63) is 57.8 Å². The van der Waals surface area contributed by atoms with E-state index in [0.717, 1.165) is 4.47 Å². The van der Waals surface area contributed by atoms with Gasteiger partial charge in [-0.05, 0) is 52.7 Å². The maximum Gasteiger partial charge on any atom is 0.338 e. The first-order valence-electron chi connectivity index (χ1n) is 6.13. The van der Waals surface area contributed by atoms with Gasteiger partial charge in [0.05, 0.1) is 12.7 Å². The number of hydrogen-bond acceptors (Lipinski definition) is 4. The molecule has 0 bridgehead atoms. The number of benzene rings is 1. The van der Waals surface area contributed by atoms with Crippen molar-refractivity contribution in [2.45, 2.75) is 6.92 Å². The van der Waals surface area contributed by atoms with Crippen LogP contribution in [0.1, 0.15) is 26.4 Å². The zero-order valence-corrected chi connectivity index (χ0v) is 13.1. The predicted octanol–water partition coefficient (Wildman–Crippen LogP) is 3.19. The van der Waals surface area contributed by atoms with E-state index in [4.69, 9.17) is 4.74 Å². The lowest BCUT2D eigenvalue weighted by Gasteiger charge is -2.11. The number of esters is 1. The Labute approximate surface area is 130 Å². The molecule has 5 nitrogen and oxygen atoms in total. The first-order chi connectivity index (χ1) is 10.0. The van der Waals surface area contributed by atoms with Crippen LogP contribution in [-0.2, 0) is 4.74 Å². The van der Waals surface area contributed by atoms with E-state index in [9.17, 15) is 9.59 Å². The van der Waals surface area contributed by atoms with E-state index in [-0.39, 0.29) is 5.91 Å². The van der Waals surface area contributed by atoms with E-state index in [1.165, 1.54) is 7.11 Å². The Hall–Kier alpha value is -2.21. The fraction of sp³-hybridized carbons (Fsp3) is 0.133. The smallest absolute Gasteiger partial charge is 0.338 e. The number of anilines is 1. The van der Waals surface area contributed by atoms with Crippen molar-refractivity contribution in [1.82, 2.24) is 4.98 Å². The maximum absolute atomic E-state index is 12.1. The van der Waals surface area contributed by atoms with Gasteiger partial charge in [-0.15, -0.1) is 0 Å². The molecule has 0 radical (unpaired) electrons. The number of rotatable bonds is 3. The molecule has 2 rings (SSSR count). The van der Waals surface area contributed by atoms with Gasteiger partial charge in [-0.3, -0.25) is 4.79 Å². The highest BCUT2D eigenvalue weighted by atomic mass is 79.9. The monoisotopic (exact) mass is 348 g/mol. The molecule has 1 aromatic heterocycles. The Morgan fingerprint density at radius 1 is 1.24 bits per heavy atom. The van der Waals surface area contributed by atoms with Crippen molar-refractivity contribution < 1.29 is 14.3 Å². The molecule has 1 amide bonds. The van der Waals surface area contributed by atoms with Crippen LogP contribution in [0.5, 0.6) is 0 Å². The van der Waals surface area contributed by atoms with Crippen molar-refractivity contribution in [2.75, 3.05) is 12.4 Å². The number of ether oxygens (including phenoxy) is 1. The van der Waals surface area contributed by atoms with Gasteiger partial charge in [0, 0.05) is 16.4 Å². The van der Waals surface area contributed by atoms with Gasteiger partial charge in [0.25, 0.3) is 5.91 Å². The molecule has 0 fully saturated rings. The molecule has 108 valence electrons. The molecule has 1 heterocycles. The fourth-order valence-electron chi connectivity index (χ4n) is 1.80. The van der Waals surface area contributed by atoms with Crippen LogP contribution in [-0.4, -0.2) is 24.0 Å². The maximum atomic E-state index is 12.1. The number of amides is 1. The van der Waals surface area contributed by atoms with Gasteiger partial charge in [-0.25, -0.2) is 9.78 Å². The molecule has 2 aromatic rings. The van der Waals surface area contributed by atoms with E-state index in [2.05, 4.69) is 26.2 Å². The average molecular weight is 349 g/mol. The summed E-state index contributed by atoms with van der Waals surface area (Å²) >= 11 is 3.26. The Balaban J connectivity index is 2.25. The molecule has 0 aliphatic heterocycles. The highest BCUT2D eigenvalue weighted by Crippen LogP contribution is 2.20. The van der Waals surface area contributed by atoms with Gasteiger partial charge >= 0.3 is 5.97 Å². The van der Waals surface area contributed by atoms with Gasteiger partial charge in [-0.1, -0.05) is 6.07 Å². The van der Waals surface area contributed by atoms with Crippen LogP contribution < -0.4 is 5.32 Å². The van der Waals surface area contributed by atoms with E-state index in [1.807, 2.05) is 0 Å². The minimum absolute atomic E-state index is 0.293. The minimum Gasteiger partial charge on any atom is -0.465 e. The first kappa shape index (κ1) is 15.2. The van der Waals surface area contributed by atoms with Crippen molar-refractivity contribution in [3.8, 4) is 0 Å². The Morgan fingerprint density at radius 2 is 2.00 bits per heavy atom. The predicted molar refractivity (Wildman–Crippen MR) is 82.4 cm³/mol. The summed E-state index contributed by atoms with van der Waals surface area (Å²) in [5.74, 6) is -0.780. The van der Waals surface area contributed by atoms with Crippen LogP contribution in [0.25, 0.3) is 0 Å². The molecule has 0 saturated heterocycles. The molecular weight excluding hydrogens is 336 g/mol. The summed E-state index contributed by atoms with van der Waals surface area (Å²) in [6, 6.07) is 8.40. The van der Waals surface area contributed by atoms with Crippen LogP contribution in [0.4, 0.5) is 5.69 Å². The molecule has 0 spiro atoms. The molecule has 0 unspecified atom stereocenters. The van der Waals surface area contributed by atoms with E-state index in [1.54, 1.807) is 43.5 Å². The Kier molecular flexibility index (Phi) is 4.70. The zero-order valence-electron chi connectivity index (χ0n) is 11.5. The lowest BCUT2D eigenvalue weighted by atomic mass is 10.1. The van der Waals surface area contributed by atoms with Crippen LogP contribution in [0, 0.1) is 6.92 Å². The minimum atomic E-state index is -0.439. The summed E-state index contributed by atoms with van der Waals surface area (Å²) in [4.78, 5) is 27.8. The number of aromatic nitrogens is 1. The standard InChI is InChI=1S/C15H13BrN2O3/c1-9-11(15(20)21-2)4-3-5-12(9)18-14(19)13-7-6-10(16)8-17-13/h3-8H,1-2H3,(H,18,19). The summed E-state index contributed by atoms with van der Waals surface area (Å²) in [5, 5.41) is 2.74. The van der Waals surface area contributed by atoms with Crippen LogP contribution in [0.2, 0.25) is 0 Å². The number of carbonyl (C=O) groups is 2. The number of halogens is 1. The molecule has 0 aliphatic carbocycles. The van der Waals surface area contributed by atoms with Gasteiger partial charge in [0.1, 0.15) is 5.69 Å². The summed E-state index contributed by atoms with van der Waals surface area (Å²) in [6.45, 7) is 1.75. The topological polar surface area (TPSA) is 68.3 Å². The van der Waals surface area contributed by atoms with E-state index < -0.39 is 5.97 Å². The Morgan fingerprint density at radius 3 is 2.62 bits per heavy atom. The molecule has 1 aromatic carbocycles. The number of methoxy groups -OCH3 is 1. The highest BCUT2D eigenvalue weighted by molar-refractivity contribution is 9.10. The number of hydrogen-bond donors (Lipinski definition) is 1. The third-order valence-corrected chi connectivity index (χ3v) is 3.42. The summed E-state index contributed by atoms with van der Waals surface area (Å²) in [7, 11) is 1.32.